The van der Waals surface area contributed by atoms with E-state index in [1.54, 1.807) is 0 Å². The van der Waals surface area contributed by atoms with Crippen molar-refractivity contribution in [2.75, 3.05) is 19.6 Å². The molecule has 1 heterocycles. The number of likely N-dealkylation sites (tertiary alicyclic amines) is 1. The van der Waals surface area contributed by atoms with Crippen LogP contribution in [0, 0.1) is 12.8 Å². The Morgan fingerprint density at radius 3 is 2.90 bits per heavy atom. The van der Waals surface area contributed by atoms with E-state index < -0.39 is 0 Å². The van der Waals surface area contributed by atoms with Gasteiger partial charge in [-0.25, -0.2) is 0 Å². The molecule has 0 spiro atoms. The summed E-state index contributed by atoms with van der Waals surface area (Å²) in [6, 6.07) is 6.83. The summed E-state index contributed by atoms with van der Waals surface area (Å²) in [6.45, 7) is 11.2. The van der Waals surface area contributed by atoms with Gasteiger partial charge in [-0.15, -0.1) is 0 Å². The fourth-order valence-electron chi connectivity index (χ4n) is 2.94. The van der Waals surface area contributed by atoms with Gasteiger partial charge in [-0.3, -0.25) is 4.90 Å². The van der Waals surface area contributed by atoms with Crippen molar-refractivity contribution in [1.29, 1.82) is 0 Å². The van der Waals surface area contributed by atoms with Gasteiger partial charge in [-0.05, 0) is 62.0 Å². The quantitative estimate of drug-likeness (QED) is 0.887. The van der Waals surface area contributed by atoms with Gasteiger partial charge in [0.05, 0.1) is 0 Å². The van der Waals surface area contributed by atoms with Crippen LogP contribution in [0.4, 0.5) is 0 Å². The number of halogens is 1. The van der Waals surface area contributed by atoms with Crippen LogP contribution >= 0.6 is 11.6 Å². The molecule has 112 valence electrons. The third-order valence-corrected chi connectivity index (χ3v) is 4.35. The maximum Gasteiger partial charge on any atom is 0.0408 e. The molecule has 1 aromatic rings. The Morgan fingerprint density at radius 1 is 1.40 bits per heavy atom. The molecule has 1 fully saturated rings. The number of benzene rings is 1. The van der Waals surface area contributed by atoms with Gasteiger partial charge in [0.2, 0.25) is 0 Å². The number of rotatable bonds is 5. The molecule has 0 bridgehead atoms. The SMILES string of the molecule is Cc1cc(Cl)ccc1CN1CCCC(CNC(C)C)C1. The van der Waals surface area contributed by atoms with E-state index in [0.29, 0.717) is 6.04 Å². The topological polar surface area (TPSA) is 15.3 Å². The first kappa shape index (κ1) is 15.8. The fourth-order valence-corrected chi connectivity index (χ4v) is 3.17. The molecule has 1 N–H and O–H groups in total. The summed E-state index contributed by atoms with van der Waals surface area (Å²) in [6.07, 6.45) is 2.67. The highest BCUT2D eigenvalue weighted by molar-refractivity contribution is 6.30. The zero-order chi connectivity index (χ0) is 14.5. The molecule has 0 saturated carbocycles. The molecule has 1 aliphatic rings. The zero-order valence-corrected chi connectivity index (χ0v) is 13.7. The second kappa shape index (κ2) is 7.44. The number of hydrogen-bond donors (Lipinski definition) is 1. The lowest BCUT2D eigenvalue weighted by molar-refractivity contribution is 0.163. The minimum absolute atomic E-state index is 0.587. The van der Waals surface area contributed by atoms with Crippen LogP contribution in [0.5, 0.6) is 0 Å². The van der Waals surface area contributed by atoms with Crippen LogP contribution < -0.4 is 5.32 Å². The summed E-state index contributed by atoms with van der Waals surface area (Å²) in [7, 11) is 0. The highest BCUT2D eigenvalue weighted by Crippen LogP contribution is 2.21. The molecule has 1 atom stereocenters. The highest BCUT2D eigenvalue weighted by Gasteiger charge is 2.20. The molecular weight excluding hydrogens is 268 g/mol. The van der Waals surface area contributed by atoms with Crippen molar-refractivity contribution in [3.8, 4) is 0 Å². The van der Waals surface area contributed by atoms with Gasteiger partial charge < -0.3 is 5.32 Å². The van der Waals surface area contributed by atoms with Gasteiger partial charge in [0.15, 0.2) is 0 Å². The van der Waals surface area contributed by atoms with Crippen molar-refractivity contribution in [2.24, 2.45) is 5.92 Å². The van der Waals surface area contributed by atoms with Crippen LogP contribution in [-0.4, -0.2) is 30.6 Å². The van der Waals surface area contributed by atoms with E-state index in [0.717, 1.165) is 24.0 Å². The number of nitrogens with one attached hydrogen (secondary N) is 1. The molecule has 1 aliphatic heterocycles. The fraction of sp³-hybridized carbons (Fsp3) is 0.647. The van der Waals surface area contributed by atoms with Crippen LogP contribution in [0.25, 0.3) is 0 Å². The van der Waals surface area contributed by atoms with Crippen LogP contribution in [0.15, 0.2) is 18.2 Å². The first-order valence-corrected chi connectivity index (χ1v) is 8.13. The maximum atomic E-state index is 6.03. The number of piperidine rings is 1. The van der Waals surface area contributed by atoms with Gasteiger partial charge in [-0.2, -0.15) is 0 Å². The predicted molar refractivity (Wildman–Crippen MR) is 87.3 cm³/mol. The van der Waals surface area contributed by atoms with Gasteiger partial charge >= 0.3 is 0 Å². The van der Waals surface area contributed by atoms with Crippen molar-refractivity contribution in [3.05, 3.63) is 34.3 Å². The lowest BCUT2D eigenvalue weighted by Crippen LogP contribution is -2.40. The lowest BCUT2D eigenvalue weighted by atomic mass is 9.97. The van der Waals surface area contributed by atoms with E-state index in [-0.39, 0.29) is 0 Å². The summed E-state index contributed by atoms with van der Waals surface area (Å²) in [5, 5.41) is 4.41. The Labute approximate surface area is 128 Å². The molecular formula is C17H27ClN2. The van der Waals surface area contributed by atoms with Crippen LogP contribution in [0.3, 0.4) is 0 Å². The Hall–Kier alpha value is -0.570. The summed E-state index contributed by atoms with van der Waals surface area (Å²) in [5.74, 6) is 0.791. The molecule has 20 heavy (non-hydrogen) atoms. The van der Waals surface area contributed by atoms with Crippen LogP contribution in [0.2, 0.25) is 5.02 Å². The molecule has 0 aromatic heterocycles. The number of hydrogen-bond acceptors (Lipinski definition) is 2. The second-order valence-corrected chi connectivity index (χ2v) is 6.81. The minimum Gasteiger partial charge on any atom is -0.314 e. The molecule has 1 unspecified atom stereocenters. The third kappa shape index (κ3) is 4.76. The summed E-state index contributed by atoms with van der Waals surface area (Å²) >= 11 is 6.03. The van der Waals surface area contributed by atoms with E-state index in [1.807, 2.05) is 6.07 Å². The minimum atomic E-state index is 0.587. The molecule has 3 heteroatoms. The van der Waals surface area contributed by atoms with Crippen LogP contribution in [0.1, 0.15) is 37.8 Å². The second-order valence-electron chi connectivity index (χ2n) is 6.38. The molecule has 2 nitrogen and oxygen atoms in total. The van der Waals surface area contributed by atoms with Crippen molar-refractivity contribution in [1.82, 2.24) is 10.2 Å². The first-order valence-electron chi connectivity index (χ1n) is 7.75. The van der Waals surface area contributed by atoms with Crippen molar-refractivity contribution in [2.45, 2.75) is 46.2 Å². The molecule has 2 rings (SSSR count). The Morgan fingerprint density at radius 2 is 2.20 bits per heavy atom. The maximum absolute atomic E-state index is 6.03. The summed E-state index contributed by atoms with van der Waals surface area (Å²) in [5.41, 5.74) is 2.71. The van der Waals surface area contributed by atoms with Gasteiger partial charge in [-0.1, -0.05) is 31.5 Å². The Balaban J connectivity index is 1.89. The summed E-state index contributed by atoms with van der Waals surface area (Å²) in [4.78, 5) is 2.59. The molecule has 0 amide bonds. The molecule has 0 aliphatic carbocycles. The molecule has 1 aromatic carbocycles. The Bertz CT molecular complexity index is 431. The number of aryl methyl sites for hydroxylation is 1. The van der Waals surface area contributed by atoms with Crippen LogP contribution in [-0.2, 0) is 6.54 Å². The average molecular weight is 295 g/mol. The van der Waals surface area contributed by atoms with Gasteiger partial charge in [0.25, 0.3) is 0 Å². The van der Waals surface area contributed by atoms with E-state index in [4.69, 9.17) is 11.6 Å². The van der Waals surface area contributed by atoms with Gasteiger partial charge in [0, 0.05) is 24.2 Å². The average Bonchev–Trinajstić information content (AvgIpc) is 2.40. The van der Waals surface area contributed by atoms with E-state index in [1.165, 1.54) is 37.1 Å². The highest BCUT2D eigenvalue weighted by atomic mass is 35.5. The number of nitrogens with zero attached hydrogens (tertiary/aromatic N) is 1. The van der Waals surface area contributed by atoms with Gasteiger partial charge in [0.1, 0.15) is 0 Å². The monoisotopic (exact) mass is 294 g/mol. The van der Waals surface area contributed by atoms with E-state index >= 15 is 0 Å². The largest absolute Gasteiger partial charge is 0.314 e. The summed E-state index contributed by atoms with van der Waals surface area (Å²) < 4.78 is 0. The zero-order valence-electron chi connectivity index (χ0n) is 13.0. The first-order chi connectivity index (χ1) is 9.54. The van der Waals surface area contributed by atoms with E-state index in [2.05, 4.69) is 43.1 Å². The normalized spacial score (nSPS) is 20.6. The van der Waals surface area contributed by atoms with Crippen molar-refractivity contribution >= 4 is 11.6 Å². The lowest BCUT2D eigenvalue weighted by Gasteiger charge is -2.33. The molecule has 0 radical (unpaired) electrons. The standard InChI is InChI=1S/C17H27ClN2/c1-13(2)19-10-15-5-4-8-20(11-15)12-16-6-7-17(18)9-14(16)3/h6-7,9,13,15,19H,4-5,8,10-12H2,1-3H3. The predicted octanol–water partition coefficient (Wildman–Crippen LogP) is 3.86. The molecule has 1 saturated heterocycles. The third-order valence-electron chi connectivity index (χ3n) is 4.12. The Kier molecular flexibility index (Phi) is 5.88. The van der Waals surface area contributed by atoms with Crippen molar-refractivity contribution < 1.29 is 0 Å². The van der Waals surface area contributed by atoms with E-state index in [9.17, 15) is 0 Å². The smallest absolute Gasteiger partial charge is 0.0408 e. The van der Waals surface area contributed by atoms with Crippen molar-refractivity contribution in [3.63, 3.8) is 0 Å².